The third-order valence-electron chi connectivity index (χ3n) is 4.68. The zero-order valence-electron chi connectivity index (χ0n) is 16.8. The lowest BCUT2D eigenvalue weighted by molar-refractivity contribution is 0.111. The van der Waals surface area contributed by atoms with Crippen molar-refractivity contribution in [1.82, 2.24) is 4.98 Å². The molecule has 0 N–H and O–H groups in total. The van der Waals surface area contributed by atoms with E-state index in [0.29, 0.717) is 35.8 Å². The number of carbonyl (C=O) groups excluding carboxylic acids is 2. The summed E-state index contributed by atoms with van der Waals surface area (Å²) < 4.78 is 11.5. The van der Waals surface area contributed by atoms with Crippen molar-refractivity contribution in [3.8, 4) is 11.5 Å². The molecule has 0 amide bonds. The van der Waals surface area contributed by atoms with Crippen molar-refractivity contribution >= 4 is 12.6 Å². The van der Waals surface area contributed by atoms with Gasteiger partial charge in [0.15, 0.2) is 12.6 Å². The Balaban J connectivity index is 1.41. The van der Waals surface area contributed by atoms with Crippen molar-refractivity contribution in [2.75, 3.05) is 13.2 Å². The van der Waals surface area contributed by atoms with Crippen LogP contribution in [-0.2, 0) is 12.8 Å². The van der Waals surface area contributed by atoms with Crippen LogP contribution in [0.25, 0.3) is 0 Å². The first-order valence-electron chi connectivity index (χ1n) is 10.1. The van der Waals surface area contributed by atoms with Crippen LogP contribution in [-0.4, -0.2) is 30.8 Å². The summed E-state index contributed by atoms with van der Waals surface area (Å²) in [6, 6.07) is 16.6. The maximum absolute atomic E-state index is 11.0. The summed E-state index contributed by atoms with van der Waals surface area (Å²) in [5, 5.41) is 0. The van der Waals surface area contributed by atoms with Gasteiger partial charge in [0.05, 0.1) is 24.3 Å². The van der Waals surface area contributed by atoms with Gasteiger partial charge in [0.2, 0.25) is 0 Å². The van der Waals surface area contributed by atoms with Gasteiger partial charge in [0, 0.05) is 12.4 Å². The van der Waals surface area contributed by atoms with E-state index in [1.165, 1.54) is 0 Å². The minimum Gasteiger partial charge on any atom is -0.493 e. The Morgan fingerprint density at radius 3 is 1.63 bits per heavy atom. The zero-order chi connectivity index (χ0) is 21.0. The van der Waals surface area contributed by atoms with Gasteiger partial charge in [-0.1, -0.05) is 30.3 Å². The number of nitrogens with zero attached hydrogens (tertiary/aromatic N) is 1. The molecule has 5 nitrogen and oxygen atoms in total. The molecule has 0 bridgehead atoms. The number of carbonyl (C=O) groups is 2. The molecule has 0 saturated heterocycles. The number of aromatic nitrogens is 1. The number of benzene rings is 2. The number of rotatable bonds is 12. The molecule has 0 aliphatic carbocycles. The molecule has 3 rings (SSSR count). The van der Waals surface area contributed by atoms with Gasteiger partial charge in [-0.3, -0.25) is 14.6 Å². The van der Waals surface area contributed by atoms with E-state index in [1.807, 2.05) is 48.8 Å². The monoisotopic (exact) mass is 403 g/mol. The van der Waals surface area contributed by atoms with Crippen molar-refractivity contribution in [2.24, 2.45) is 0 Å². The molecule has 0 radical (unpaired) electrons. The molecule has 30 heavy (non-hydrogen) atoms. The SMILES string of the molecule is O=Cc1ccccc1OCCCc1cncc(CCCOc2ccccc2C=O)c1. The molecule has 5 heteroatoms. The van der Waals surface area contributed by atoms with Crippen LogP contribution >= 0.6 is 0 Å². The quantitative estimate of drug-likeness (QED) is 0.323. The van der Waals surface area contributed by atoms with E-state index in [0.717, 1.165) is 49.4 Å². The molecule has 0 aliphatic rings. The average molecular weight is 403 g/mol. The molecule has 1 heterocycles. The van der Waals surface area contributed by atoms with Crippen molar-refractivity contribution in [3.63, 3.8) is 0 Å². The lowest BCUT2D eigenvalue weighted by atomic mass is 10.1. The van der Waals surface area contributed by atoms with E-state index >= 15 is 0 Å². The maximum atomic E-state index is 11.0. The Labute approximate surface area is 176 Å². The third-order valence-corrected chi connectivity index (χ3v) is 4.68. The number of aryl methyl sites for hydroxylation is 2. The van der Waals surface area contributed by atoms with Gasteiger partial charge in [-0.25, -0.2) is 0 Å². The van der Waals surface area contributed by atoms with E-state index in [9.17, 15) is 9.59 Å². The zero-order valence-corrected chi connectivity index (χ0v) is 16.8. The van der Waals surface area contributed by atoms with Crippen LogP contribution in [0.1, 0.15) is 44.7 Å². The smallest absolute Gasteiger partial charge is 0.153 e. The molecule has 1 aromatic heterocycles. The Morgan fingerprint density at radius 1 is 0.700 bits per heavy atom. The van der Waals surface area contributed by atoms with Crippen LogP contribution in [0.5, 0.6) is 11.5 Å². The standard InChI is InChI=1S/C25H25NO4/c27-18-22-9-1-3-11-24(22)29-13-5-7-20-15-21(17-26-16-20)8-6-14-30-25-12-4-2-10-23(25)19-28/h1-4,9-12,15-19H,5-8,13-14H2. The van der Waals surface area contributed by atoms with Crippen molar-refractivity contribution in [2.45, 2.75) is 25.7 Å². The molecule has 0 fully saturated rings. The first kappa shape index (κ1) is 21.2. The molecular weight excluding hydrogens is 378 g/mol. The second-order valence-electron chi connectivity index (χ2n) is 6.92. The van der Waals surface area contributed by atoms with E-state index in [4.69, 9.17) is 9.47 Å². The van der Waals surface area contributed by atoms with Crippen LogP contribution in [0, 0.1) is 0 Å². The Bertz CT molecular complexity index is 896. The average Bonchev–Trinajstić information content (AvgIpc) is 2.80. The lowest BCUT2D eigenvalue weighted by Crippen LogP contribution is -2.03. The predicted molar refractivity (Wildman–Crippen MR) is 116 cm³/mol. The predicted octanol–water partition coefficient (Wildman–Crippen LogP) is 4.73. The van der Waals surface area contributed by atoms with E-state index in [2.05, 4.69) is 11.1 Å². The van der Waals surface area contributed by atoms with Crippen LogP contribution in [0.3, 0.4) is 0 Å². The van der Waals surface area contributed by atoms with Gasteiger partial charge in [0.25, 0.3) is 0 Å². The second-order valence-corrected chi connectivity index (χ2v) is 6.92. The molecule has 0 aliphatic heterocycles. The van der Waals surface area contributed by atoms with E-state index in [1.54, 1.807) is 12.1 Å². The van der Waals surface area contributed by atoms with E-state index < -0.39 is 0 Å². The third kappa shape index (κ3) is 6.27. The largest absolute Gasteiger partial charge is 0.493 e. The Morgan fingerprint density at radius 2 is 1.17 bits per heavy atom. The fraction of sp³-hybridized carbons (Fsp3) is 0.240. The summed E-state index contributed by atoms with van der Waals surface area (Å²) in [6.07, 6.45) is 8.75. The highest BCUT2D eigenvalue weighted by molar-refractivity contribution is 5.79. The summed E-state index contributed by atoms with van der Waals surface area (Å²) in [4.78, 5) is 26.4. The number of pyridine rings is 1. The first-order chi connectivity index (χ1) is 14.8. The van der Waals surface area contributed by atoms with Gasteiger partial charge in [0.1, 0.15) is 11.5 Å². The second kappa shape index (κ2) is 11.5. The molecule has 154 valence electrons. The molecule has 0 saturated carbocycles. The molecule has 0 atom stereocenters. The summed E-state index contributed by atoms with van der Waals surface area (Å²) >= 11 is 0. The van der Waals surface area contributed by atoms with Gasteiger partial charge >= 0.3 is 0 Å². The van der Waals surface area contributed by atoms with Crippen LogP contribution in [0.4, 0.5) is 0 Å². The van der Waals surface area contributed by atoms with Gasteiger partial charge in [-0.2, -0.15) is 0 Å². The van der Waals surface area contributed by atoms with Gasteiger partial charge in [-0.15, -0.1) is 0 Å². The van der Waals surface area contributed by atoms with E-state index in [-0.39, 0.29) is 0 Å². The number of hydrogen-bond donors (Lipinski definition) is 0. The number of aldehydes is 2. The molecule has 0 unspecified atom stereocenters. The van der Waals surface area contributed by atoms with Gasteiger partial charge < -0.3 is 9.47 Å². The van der Waals surface area contributed by atoms with Crippen molar-refractivity contribution < 1.29 is 19.1 Å². The maximum Gasteiger partial charge on any atom is 0.153 e. The van der Waals surface area contributed by atoms with Crippen molar-refractivity contribution in [3.05, 3.63) is 89.2 Å². The number of para-hydroxylation sites is 2. The topological polar surface area (TPSA) is 65.5 Å². The Kier molecular flexibility index (Phi) is 8.15. The molecule has 0 spiro atoms. The summed E-state index contributed by atoms with van der Waals surface area (Å²) in [5.41, 5.74) is 3.46. The Hall–Kier alpha value is -3.47. The van der Waals surface area contributed by atoms with Gasteiger partial charge in [-0.05, 0) is 61.1 Å². The highest BCUT2D eigenvalue weighted by Crippen LogP contribution is 2.17. The summed E-state index contributed by atoms with van der Waals surface area (Å²) in [6.45, 7) is 1.08. The number of hydrogen-bond acceptors (Lipinski definition) is 5. The lowest BCUT2D eigenvalue weighted by Gasteiger charge is -2.09. The molecule has 2 aromatic carbocycles. The molecule has 3 aromatic rings. The fourth-order valence-corrected chi connectivity index (χ4v) is 3.15. The van der Waals surface area contributed by atoms with Crippen LogP contribution < -0.4 is 9.47 Å². The van der Waals surface area contributed by atoms with Crippen molar-refractivity contribution in [1.29, 1.82) is 0 Å². The number of ether oxygens (including phenoxy) is 2. The summed E-state index contributed by atoms with van der Waals surface area (Å²) in [5.74, 6) is 1.24. The highest BCUT2D eigenvalue weighted by atomic mass is 16.5. The minimum absolute atomic E-state index is 0.541. The molecular formula is C25H25NO4. The fourth-order valence-electron chi connectivity index (χ4n) is 3.15. The first-order valence-corrected chi connectivity index (χ1v) is 10.1. The van der Waals surface area contributed by atoms with Crippen LogP contribution in [0.15, 0.2) is 67.0 Å². The highest BCUT2D eigenvalue weighted by Gasteiger charge is 2.04. The van der Waals surface area contributed by atoms with Crippen LogP contribution in [0.2, 0.25) is 0 Å². The normalized spacial score (nSPS) is 10.4. The summed E-state index contributed by atoms with van der Waals surface area (Å²) in [7, 11) is 0. The minimum atomic E-state index is 0.541.